The topological polar surface area (TPSA) is 127 Å². The van der Waals surface area contributed by atoms with Gasteiger partial charge in [-0.15, -0.1) is 10.2 Å². The second-order valence-corrected chi connectivity index (χ2v) is 3.88. The number of anilines is 1. The van der Waals surface area contributed by atoms with Crippen LogP contribution in [-0.2, 0) is 11.2 Å². The zero-order valence-corrected chi connectivity index (χ0v) is 10.1. The number of hydrogen-bond donors (Lipinski definition) is 2. The number of rotatable bonds is 4. The molecule has 0 aliphatic rings. The van der Waals surface area contributed by atoms with Crippen molar-refractivity contribution in [1.82, 2.24) is 20.6 Å². The Balaban J connectivity index is 2.07. The number of nitro groups is 1. The SMILES string of the molecule is O=C(Cc1nn[nH]n1)Nc1ccc([N+](=O)[O-])cc1Cl. The average Bonchev–Trinajstić information content (AvgIpc) is 2.84. The van der Waals surface area contributed by atoms with Crippen LogP contribution in [0.1, 0.15) is 5.82 Å². The lowest BCUT2D eigenvalue weighted by molar-refractivity contribution is -0.384. The predicted octanol–water partition coefficient (Wildman–Crippen LogP) is 0.942. The molecular weight excluding hydrogens is 276 g/mol. The normalized spacial score (nSPS) is 10.2. The van der Waals surface area contributed by atoms with Crippen LogP contribution in [0.3, 0.4) is 0 Å². The van der Waals surface area contributed by atoms with Crippen molar-refractivity contribution >= 4 is 28.9 Å². The third kappa shape index (κ3) is 3.22. The smallest absolute Gasteiger partial charge is 0.271 e. The van der Waals surface area contributed by atoms with E-state index >= 15 is 0 Å². The summed E-state index contributed by atoms with van der Waals surface area (Å²) in [5.41, 5.74) is 0.127. The molecule has 1 aromatic carbocycles. The highest BCUT2D eigenvalue weighted by Gasteiger charge is 2.13. The number of non-ortho nitro benzene ring substituents is 1. The van der Waals surface area contributed by atoms with Gasteiger partial charge in [-0.3, -0.25) is 14.9 Å². The molecule has 2 N–H and O–H groups in total. The summed E-state index contributed by atoms with van der Waals surface area (Å²) >= 11 is 5.83. The van der Waals surface area contributed by atoms with Gasteiger partial charge in [0.15, 0.2) is 5.82 Å². The quantitative estimate of drug-likeness (QED) is 0.634. The number of aromatic nitrogens is 4. The monoisotopic (exact) mass is 282 g/mol. The molecule has 1 aromatic heterocycles. The molecule has 98 valence electrons. The fraction of sp³-hybridized carbons (Fsp3) is 0.111. The Bertz CT molecular complexity index is 614. The molecule has 10 heteroatoms. The molecule has 2 aromatic rings. The van der Waals surface area contributed by atoms with Gasteiger partial charge in [0.2, 0.25) is 5.91 Å². The van der Waals surface area contributed by atoms with Crippen LogP contribution < -0.4 is 5.32 Å². The van der Waals surface area contributed by atoms with E-state index < -0.39 is 10.8 Å². The number of hydrogen-bond acceptors (Lipinski definition) is 6. The van der Waals surface area contributed by atoms with Crippen LogP contribution in [0, 0.1) is 10.1 Å². The molecule has 0 unspecified atom stereocenters. The molecule has 0 bridgehead atoms. The minimum Gasteiger partial charge on any atom is -0.324 e. The maximum Gasteiger partial charge on any atom is 0.271 e. The van der Waals surface area contributed by atoms with E-state index in [1.807, 2.05) is 0 Å². The summed E-state index contributed by atoms with van der Waals surface area (Å²) in [6, 6.07) is 3.76. The number of amides is 1. The lowest BCUT2D eigenvalue weighted by atomic mass is 10.2. The fourth-order valence-corrected chi connectivity index (χ4v) is 1.54. The van der Waals surface area contributed by atoms with E-state index in [1.54, 1.807) is 0 Å². The van der Waals surface area contributed by atoms with Gasteiger partial charge in [0, 0.05) is 12.1 Å². The largest absolute Gasteiger partial charge is 0.324 e. The molecule has 2 rings (SSSR count). The lowest BCUT2D eigenvalue weighted by Crippen LogP contribution is -2.15. The Morgan fingerprint density at radius 1 is 1.53 bits per heavy atom. The standard InChI is InChI=1S/C9H7ClN6O3/c10-6-3-5(16(18)19)1-2-7(6)11-9(17)4-8-12-14-15-13-8/h1-3H,4H2,(H,11,17)(H,12,13,14,15). The number of nitrogens with one attached hydrogen (secondary N) is 2. The molecule has 0 aliphatic heterocycles. The Morgan fingerprint density at radius 2 is 2.32 bits per heavy atom. The van der Waals surface area contributed by atoms with Gasteiger partial charge in [-0.1, -0.05) is 16.8 Å². The molecule has 0 saturated carbocycles. The number of carbonyl (C=O) groups excluding carboxylic acids is 1. The third-order valence-electron chi connectivity index (χ3n) is 2.15. The summed E-state index contributed by atoms with van der Waals surface area (Å²) in [5, 5.41) is 25.9. The summed E-state index contributed by atoms with van der Waals surface area (Å²) in [4.78, 5) is 21.6. The van der Waals surface area contributed by atoms with Crippen LogP contribution in [0.15, 0.2) is 18.2 Å². The first kappa shape index (κ1) is 12.9. The van der Waals surface area contributed by atoms with Gasteiger partial charge in [-0.05, 0) is 6.07 Å². The molecule has 0 fully saturated rings. The number of halogens is 1. The van der Waals surface area contributed by atoms with Gasteiger partial charge in [0.1, 0.15) is 0 Å². The van der Waals surface area contributed by atoms with Gasteiger partial charge in [-0.25, -0.2) is 0 Å². The van der Waals surface area contributed by atoms with Crippen molar-refractivity contribution in [2.45, 2.75) is 6.42 Å². The first-order valence-electron chi connectivity index (χ1n) is 5.02. The maximum absolute atomic E-state index is 11.6. The molecule has 1 heterocycles. The Kier molecular flexibility index (Phi) is 3.66. The Labute approximate surface area is 111 Å². The summed E-state index contributed by atoms with van der Waals surface area (Å²) in [5.74, 6) is -0.173. The van der Waals surface area contributed by atoms with E-state index in [2.05, 4.69) is 25.9 Å². The number of benzene rings is 1. The second-order valence-electron chi connectivity index (χ2n) is 3.47. The van der Waals surface area contributed by atoms with Crippen molar-refractivity contribution in [3.63, 3.8) is 0 Å². The van der Waals surface area contributed by atoms with Crippen molar-refractivity contribution in [3.8, 4) is 0 Å². The Hall–Kier alpha value is -2.55. The maximum atomic E-state index is 11.6. The summed E-state index contributed by atoms with van der Waals surface area (Å²) in [6.07, 6.45) is -0.0795. The number of nitro benzene ring substituents is 1. The molecule has 0 saturated heterocycles. The van der Waals surface area contributed by atoms with Crippen LogP contribution in [0.25, 0.3) is 0 Å². The van der Waals surface area contributed by atoms with E-state index in [9.17, 15) is 14.9 Å². The first-order valence-corrected chi connectivity index (χ1v) is 5.40. The van der Waals surface area contributed by atoms with Crippen LogP contribution in [0.2, 0.25) is 5.02 Å². The molecule has 1 amide bonds. The number of carbonyl (C=O) groups is 1. The number of tetrazole rings is 1. The van der Waals surface area contributed by atoms with Crippen molar-refractivity contribution in [1.29, 1.82) is 0 Å². The zero-order valence-electron chi connectivity index (χ0n) is 9.33. The minimum absolute atomic E-state index is 0.0793. The third-order valence-corrected chi connectivity index (χ3v) is 2.46. The summed E-state index contributed by atoms with van der Waals surface area (Å²) in [7, 11) is 0. The lowest BCUT2D eigenvalue weighted by Gasteiger charge is -2.05. The molecule has 19 heavy (non-hydrogen) atoms. The van der Waals surface area contributed by atoms with E-state index in [-0.39, 0.29) is 28.6 Å². The van der Waals surface area contributed by atoms with E-state index in [0.717, 1.165) is 6.07 Å². The highest BCUT2D eigenvalue weighted by atomic mass is 35.5. The van der Waals surface area contributed by atoms with Gasteiger partial charge in [0.25, 0.3) is 5.69 Å². The number of nitrogens with zero attached hydrogens (tertiary/aromatic N) is 4. The van der Waals surface area contributed by atoms with Crippen LogP contribution in [0.4, 0.5) is 11.4 Å². The van der Waals surface area contributed by atoms with Crippen molar-refractivity contribution in [3.05, 3.63) is 39.2 Å². The number of aromatic amines is 1. The average molecular weight is 283 g/mol. The van der Waals surface area contributed by atoms with E-state index in [4.69, 9.17) is 11.6 Å². The molecule has 9 nitrogen and oxygen atoms in total. The van der Waals surface area contributed by atoms with Crippen LogP contribution >= 0.6 is 11.6 Å². The highest BCUT2D eigenvalue weighted by Crippen LogP contribution is 2.26. The predicted molar refractivity (Wildman–Crippen MR) is 64.6 cm³/mol. The molecule has 0 spiro atoms. The highest BCUT2D eigenvalue weighted by molar-refractivity contribution is 6.33. The molecule has 0 atom stereocenters. The minimum atomic E-state index is -0.573. The van der Waals surface area contributed by atoms with Crippen molar-refractivity contribution < 1.29 is 9.72 Å². The van der Waals surface area contributed by atoms with Crippen molar-refractivity contribution in [2.75, 3.05) is 5.32 Å². The van der Waals surface area contributed by atoms with Crippen molar-refractivity contribution in [2.24, 2.45) is 0 Å². The van der Waals surface area contributed by atoms with Gasteiger partial charge >= 0.3 is 0 Å². The van der Waals surface area contributed by atoms with E-state index in [0.29, 0.717) is 0 Å². The second kappa shape index (κ2) is 5.40. The van der Waals surface area contributed by atoms with Gasteiger partial charge in [0.05, 0.1) is 22.1 Å². The van der Waals surface area contributed by atoms with Crippen LogP contribution in [-0.4, -0.2) is 31.5 Å². The molecule has 0 aliphatic carbocycles. The summed E-state index contributed by atoms with van der Waals surface area (Å²) in [6.45, 7) is 0. The molecule has 0 radical (unpaired) electrons. The van der Waals surface area contributed by atoms with Crippen LogP contribution in [0.5, 0.6) is 0 Å². The van der Waals surface area contributed by atoms with Gasteiger partial charge < -0.3 is 5.32 Å². The zero-order chi connectivity index (χ0) is 13.8. The van der Waals surface area contributed by atoms with Gasteiger partial charge in [-0.2, -0.15) is 5.21 Å². The van der Waals surface area contributed by atoms with E-state index in [1.165, 1.54) is 12.1 Å². The first-order chi connectivity index (χ1) is 9.06. The Morgan fingerprint density at radius 3 is 2.89 bits per heavy atom. The molecular formula is C9H7ClN6O3. The number of H-pyrrole nitrogens is 1. The summed E-state index contributed by atoms with van der Waals surface area (Å²) < 4.78 is 0. The fourth-order valence-electron chi connectivity index (χ4n) is 1.31.